The molecule has 0 saturated carbocycles. The largest absolute Gasteiger partial charge is 0.485 e. The molecule has 2 nitrogen and oxygen atoms in total. The maximum atomic E-state index is 11.2. The molecule has 0 spiro atoms. The van der Waals surface area contributed by atoms with Crippen LogP contribution in [-0.2, 0) is 4.79 Å². The molecule has 1 unspecified atom stereocenters. The Kier molecular flexibility index (Phi) is 6.52. The fraction of sp³-hybridized carbons (Fsp3) is 0.526. The number of para-hydroxylation sites is 1. The number of hydrogen-bond donors (Lipinski definition) is 0. The zero-order valence-corrected chi connectivity index (χ0v) is 13.0. The molecule has 0 saturated heterocycles. The lowest BCUT2D eigenvalue weighted by Gasteiger charge is -2.24. The van der Waals surface area contributed by atoms with E-state index in [1.54, 1.807) is 0 Å². The van der Waals surface area contributed by atoms with Crippen LogP contribution in [0.1, 0.15) is 63.9 Å². The Bertz CT molecular complexity index is 476. The van der Waals surface area contributed by atoms with Crippen molar-refractivity contribution in [2.75, 3.05) is 0 Å². The van der Waals surface area contributed by atoms with E-state index in [1.165, 1.54) is 38.5 Å². The monoisotopic (exact) mass is 286 g/mol. The van der Waals surface area contributed by atoms with Crippen LogP contribution < -0.4 is 4.74 Å². The maximum Gasteiger partial charge on any atom is 0.149 e. The van der Waals surface area contributed by atoms with Gasteiger partial charge in [-0.1, -0.05) is 63.6 Å². The molecule has 0 aliphatic carbocycles. The zero-order chi connectivity index (χ0) is 14.9. The lowest BCUT2D eigenvalue weighted by molar-refractivity contribution is -0.105. The Balaban J connectivity index is 1.78. The van der Waals surface area contributed by atoms with Crippen LogP contribution in [0.15, 0.2) is 29.8 Å². The van der Waals surface area contributed by atoms with Crippen LogP contribution in [0.4, 0.5) is 0 Å². The normalized spacial score (nSPS) is 16.8. The molecule has 1 aromatic rings. The highest BCUT2D eigenvalue weighted by Crippen LogP contribution is 2.30. The van der Waals surface area contributed by atoms with Crippen molar-refractivity contribution in [3.63, 3.8) is 0 Å². The van der Waals surface area contributed by atoms with Crippen molar-refractivity contribution in [2.45, 2.75) is 64.4 Å². The second-order valence-electron chi connectivity index (χ2n) is 5.82. The van der Waals surface area contributed by atoms with Gasteiger partial charge in [0.25, 0.3) is 0 Å². The van der Waals surface area contributed by atoms with E-state index >= 15 is 0 Å². The fourth-order valence-corrected chi connectivity index (χ4v) is 2.82. The molecule has 0 aromatic heterocycles. The molecule has 0 radical (unpaired) electrons. The predicted octanol–water partition coefficient (Wildman–Crippen LogP) is 5.17. The third-order valence-electron chi connectivity index (χ3n) is 4.09. The smallest absolute Gasteiger partial charge is 0.149 e. The van der Waals surface area contributed by atoms with Gasteiger partial charge in [0.15, 0.2) is 0 Å². The lowest BCUT2D eigenvalue weighted by atomic mass is 9.98. The van der Waals surface area contributed by atoms with Gasteiger partial charge < -0.3 is 4.74 Å². The van der Waals surface area contributed by atoms with Gasteiger partial charge in [-0.3, -0.25) is 4.79 Å². The van der Waals surface area contributed by atoms with E-state index in [2.05, 4.69) is 6.92 Å². The average Bonchev–Trinajstić information content (AvgIpc) is 2.53. The molecular weight excluding hydrogens is 260 g/mol. The van der Waals surface area contributed by atoms with Crippen molar-refractivity contribution < 1.29 is 9.53 Å². The summed E-state index contributed by atoms with van der Waals surface area (Å²) in [5.74, 6) is 0.899. The minimum absolute atomic E-state index is 0.0620. The molecule has 1 aliphatic rings. The van der Waals surface area contributed by atoms with Gasteiger partial charge in [0, 0.05) is 11.1 Å². The Morgan fingerprint density at radius 2 is 1.76 bits per heavy atom. The second-order valence-corrected chi connectivity index (χ2v) is 5.82. The lowest BCUT2D eigenvalue weighted by Crippen LogP contribution is -2.23. The summed E-state index contributed by atoms with van der Waals surface area (Å²) in [7, 11) is 0. The van der Waals surface area contributed by atoms with Crippen LogP contribution in [0.5, 0.6) is 5.75 Å². The van der Waals surface area contributed by atoms with Crippen LogP contribution in [0.25, 0.3) is 6.08 Å². The summed E-state index contributed by atoms with van der Waals surface area (Å²) in [6.45, 7) is 2.24. The zero-order valence-electron chi connectivity index (χ0n) is 13.0. The number of fused-ring (bicyclic) bond motifs is 1. The van der Waals surface area contributed by atoms with E-state index in [4.69, 9.17) is 4.74 Å². The van der Waals surface area contributed by atoms with Crippen LogP contribution in [0, 0.1) is 0 Å². The number of unbranched alkanes of at least 4 members (excludes halogenated alkanes) is 6. The van der Waals surface area contributed by atoms with Crippen LogP contribution in [0.3, 0.4) is 0 Å². The molecule has 0 bridgehead atoms. The van der Waals surface area contributed by atoms with Crippen LogP contribution >= 0.6 is 0 Å². The Morgan fingerprint density at radius 1 is 1.05 bits per heavy atom. The number of rotatable bonds is 9. The molecule has 1 aromatic carbocycles. The van der Waals surface area contributed by atoms with Crippen molar-refractivity contribution in [1.82, 2.24) is 0 Å². The summed E-state index contributed by atoms with van der Waals surface area (Å²) in [5.41, 5.74) is 1.79. The highest BCUT2D eigenvalue weighted by Gasteiger charge is 2.21. The summed E-state index contributed by atoms with van der Waals surface area (Å²) in [5, 5.41) is 0. The van der Waals surface area contributed by atoms with Gasteiger partial charge in [-0.05, 0) is 25.0 Å². The highest BCUT2D eigenvalue weighted by atomic mass is 16.5. The van der Waals surface area contributed by atoms with Crippen molar-refractivity contribution in [3.05, 3.63) is 35.4 Å². The first kappa shape index (κ1) is 15.8. The number of benzene rings is 1. The third-order valence-corrected chi connectivity index (χ3v) is 4.09. The van der Waals surface area contributed by atoms with Gasteiger partial charge in [-0.15, -0.1) is 0 Å². The quantitative estimate of drug-likeness (QED) is 0.462. The van der Waals surface area contributed by atoms with Crippen LogP contribution in [0.2, 0.25) is 0 Å². The van der Waals surface area contributed by atoms with Gasteiger partial charge in [0.2, 0.25) is 0 Å². The first-order valence-electron chi connectivity index (χ1n) is 8.27. The molecule has 0 amide bonds. The molecule has 21 heavy (non-hydrogen) atoms. The second kappa shape index (κ2) is 8.66. The maximum absolute atomic E-state index is 11.2. The van der Waals surface area contributed by atoms with Gasteiger partial charge >= 0.3 is 0 Å². The van der Waals surface area contributed by atoms with Crippen molar-refractivity contribution in [3.8, 4) is 5.75 Å². The van der Waals surface area contributed by atoms with Crippen molar-refractivity contribution >= 4 is 12.4 Å². The topological polar surface area (TPSA) is 26.3 Å². The van der Waals surface area contributed by atoms with Gasteiger partial charge in [-0.25, -0.2) is 0 Å². The number of carbonyl (C=O) groups is 1. The summed E-state index contributed by atoms with van der Waals surface area (Å²) in [6, 6.07) is 7.91. The summed E-state index contributed by atoms with van der Waals surface area (Å²) in [4.78, 5) is 11.2. The van der Waals surface area contributed by atoms with Crippen molar-refractivity contribution in [2.24, 2.45) is 0 Å². The number of aldehydes is 1. The van der Waals surface area contributed by atoms with E-state index < -0.39 is 0 Å². The number of ether oxygens (including phenoxy) is 1. The Hall–Kier alpha value is -1.57. The summed E-state index contributed by atoms with van der Waals surface area (Å²) < 4.78 is 5.98. The van der Waals surface area contributed by atoms with E-state index in [9.17, 15) is 4.79 Å². The predicted molar refractivity (Wildman–Crippen MR) is 87.5 cm³/mol. The summed E-state index contributed by atoms with van der Waals surface area (Å²) >= 11 is 0. The first-order valence-corrected chi connectivity index (χ1v) is 8.27. The average molecular weight is 286 g/mol. The minimum Gasteiger partial charge on any atom is -0.485 e. The Labute approximate surface area is 128 Å². The standard InChI is InChI=1S/C19H26O2/c1-2-3-4-5-6-7-8-12-19-17(15-20)14-16-11-9-10-13-18(16)21-19/h9-11,13-15,19H,2-8,12H2,1H3. The SMILES string of the molecule is CCCCCCCCCC1Oc2ccccc2C=C1C=O. The molecule has 1 atom stereocenters. The van der Waals surface area contributed by atoms with E-state index in [1.807, 2.05) is 30.3 Å². The molecule has 2 rings (SSSR count). The van der Waals surface area contributed by atoms with E-state index in [0.717, 1.165) is 36.0 Å². The minimum atomic E-state index is -0.0620. The molecule has 1 heterocycles. The van der Waals surface area contributed by atoms with Gasteiger partial charge in [0.1, 0.15) is 18.1 Å². The van der Waals surface area contributed by atoms with E-state index in [-0.39, 0.29) is 6.10 Å². The fourth-order valence-electron chi connectivity index (χ4n) is 2.82. The Morgan fingerprint density at radius 3 is 2.52 bits per heavy atom. The number of hydrogen-bond acceptors (Lipinski definition) is 2. The van der Waals surface area contributed by atoms with Crippen molar-refractivity contribution in [1.29, 1.82) is 0 Å². The van der Waals surface area contributed by atoms with Gasteiger partial charge in [-0.2, -0.15) is 0 Å². The highest BCUT2D eigenvalue weighted by molar-refractivity contribution is 5.85. The molecule has 114 valence electrons. The first-order chi connectivity index (χ1) is 10.3. The van der Waals surface area contributed by atoms with Crippen LogP contribution in [-0.4, -0.2) is 12.4 Å². The van der Waals surface area contributed by atoms with Gasteiger partial charge in [0.05, 0.1) is 0 Å². The molecule has 1 aliphatic heterocycles. The third kappa shape index (κ3) is 4.73. The molecular formula is C19H26O2. The summed E-state index contributed by atoms with van der Waals surface area (Å²) in [6.07, 6.45) is 12.8. The molecule has 0 fully saturated rings. The van der Waals surface area contributed by atoms with E-state index in [0.29, 0.717) is 0 Å². The molecule has 2 heteroatoms. The number of carbonyl (C=O) groups excluding carboxylic acids is 1. The molecule has 0 N–H and O–H groups in total.